The zero-order chi connectivity index (χ0) is 18.1. The van der Waals surface area contributed by atoms with Crippen molar-refractivity contribution in [3.63, 3.8) is 0 Å². The lowest BCUT2D eigenvalue weighted by molar-refractivity contribution is 0.250. The van der Waals surface area contributed by atoms with Gasteiger partial charge in [0.05, 0.1) is 18.4 Å². The Bertz CT molecular complexity index is 638. The number of anilines is 1. The summed E-state index contributed by atoms with van der Waals surface area (Å²) in [4.78, 5) is 14.2. The minimum atomic E-state index is -0.184. The van der Waals surface area contributed by atoms with Crippen LogP contribution < -0.4 is 10.6 Å². The fourth-order valence-corrected chi connectivity index (χ4v) is 2.41. The first kappa shape index (κ1) is 19.0. The number of carbonyl (C=O) groups excluding carboxylic acids is 1. The standard InChI is InChI=1S/C19H29N5O/c1-16(2)23(3)12-8-7-11-20-19(25)22-18-13-21-24(15-18)14-17-9-5-4-6-10-17/h4-6,9-10,13,15-16H,7-8,11-12,14H2,1-3H3,(H2,20,22,25). The summed E-state index contributed by atoms with van der Waals surface area (Å²) in [7, 11) is 2.12. The highest BCUT2D eigenvalue weighted by atomic mass is 16.2. The molecule has 0 spiro atoms. The molecule has 1 aromatic heterocycles. The number of carbonyl (C=O) groups is 1. The van der Waals surface area contributed by atoms with Crippen LogP contribution in [0.15, 0.2) is 42.7 Å². The van der Waals surface area contributed by atoms with Gasteiger partial charge in [-0.2, -0.15) is 5.10 Å². The van der Waals surface area contributed by atoms with Gasteiger partial charge in [-0.25, -0.2) is 4.79 Å². The largest absolute Gasteiger partial charge is 0.338 e. The summed E-state index contributed by atoms with van der Waals surface area (Å²) in [5, 5.41) is 9.99. The van der Waals surface area contributed by atoms with Gasteiger partial charge in [0.25, 0.3) is 0 Å². The molecule has 1 aromatic carbocycles. The number of benzene rings is 1. The quantitative estimate of drug-likeness (QED) is 0.688. The summed E-state index contributed by atoms with van der Waals surface area (Å²) in [6, 6.07) is 10.5. The number of hydrogen-bond acceptors (Lipinski definition) is 3. The number of unbranched alkanes of at least 4 members (excludes halogenated alkanes) is 1. The Hall–Kier alpha value is -2.34. The molecule has 0 fully saturated rings. The van der Waals surface area contributed by atoms with E-state index in [-0.39, 0.29) is 6.03 Å². The molecule has 0 radical (unpaired) electrons. The molecule has 2 amide bonds. The minimum Gasteiger partial charge on any atom is -0.338 e. The highest BCUT2D eigenvalue weighted by molar-refractivity contribution is 5.88. The van der Waals surface area contributed by atoms with Crippen molar-refractivity contribution in [3.05, 3.63) is 48.3 Å². The van der Waals surface area contributed by atoms with Crippen LogP contribution in [0.5, 0.6) is 0 Å². The second kappa shape index (κ2) is 9.84. The highest BCUT2D eigenvalue weighted by Crippen LogP contribution is 2.07. The average Bonchev–Trinajstić information content (AvgIpc) is 3.02. The van der Waals surface area contributed by atoms with Gasteiger partial charge < -0.3 is 15.5 Å². The number of aromatic nitrogens is 2. The number of nitrogens with zero attached hydrogens (tertiary/aromatic N) is 3. The lowest BCUT2D eigenvalue weighted by Crippen LogP contribution is -2.31. The topological polar surface area (TPSA) is 62.2 Å². The Morgan fingerprint density at radius 2 is 2.00 bits per heavy atom. The van der Waals surface area contributed by atoms with E-state index in [2.05, 4.69) is 53.7 Å². The van der Waals surface area contributed by atoms with Gasteiger partial charge in [0, 0.05) is 18.8 Å². The molecular weight excluding hydrogens is 314 g/mol. The Labute approximate surface area is 150 Å². The second-order valence-electron chi connectivity index (χ2n) is 6.57. The third-order valence-electron chi connectivity index (χ3n) is 4.18. The number of urea groups is 1. The monoisotopic (exact) mass is 343 g/mol. The van der Waals surface area contributed by atoms with Crippen molar-refractivity contribution in [3.8, 4) is 0 Å². The van der Waals surface area contributed by atoms with E-state index >= 15 is 0 Å². The first-order valence-electron chi connectivity index (χ1n) is 8.86. The SMILES string of the molecule is CC(C)N(C)CCCCNC(=O)Nc1cnn(Cc2ccccc2)c1. The van der Waals surface area contributed by atoms with Crippen LogP contribution in [0.4, 0.5) is 10.5 Å². The van der Waals surface area contributed by atoms with Gasteiger partial charge in [-0.05, 0) is 45.8 Å². The van der Waals surface area contributed by atoms with Crippen molar-refractivity contribution >= 4 is 11.7 Å². The maximum absolute atomic E-state index is 11.9. The molecule has 6 heteroatoms. The molecule has 0 aliphatic heterocycles. The van der Waals surface area contributed by atoms with E-state index < -0.39 is 0 Å². The molecule has 0 bridgehead atoms. The first-order valence-corrected chi connectivity index (χ1v) is 8.86. The molecule has 0 saturated heterocycles. The number of amides is 2. The van der Waals surface area contributed by atoms with Crippen molar-refractivity contribution in [2.75, 3.05) is 25.5 Å². The second-order valence-corrected chi connectivity index (χ2v) is 6.57. The molecule has 25 heavy (non-hydrogen) atoms. The molecule has 0 atom stereocenters. The van der Waals surface area contributed by atoms with Gasteiger partial charge in [0.15, 0.2) is 0 Å². The van der Waals surface area contributed by atoms with E-state index in [0.29, 0.717) is 24.8 Å². The van der Waals surface area contributed by atoms with Gasteiger partial charge in [0.2, 0.25) is 0 Å². The van der Waals surface area contributed by atoms with E-state index in [1.54, 1.807) is 6.20 Å². The fraction of sp³-hybridized carbons (Fsp3) is 0.474. The van der Waals surface area contributed by atoms with Crippen LogP contribution >= 0.6 is 0 Å². The van der Waals surface area contributed by atoms with E-state index in [9.17, 15) is 4.79 Å². The van der Waals surface area contributed by atoms with Crippen LogP contribution in [0, 0.1) is 0 Å². The molecule has 0 aliphatic rings. The average molecular weight is 343 g/mol. The molecule has 2 N–H and O–H groups in total. The van der Waals surface area contributed by atoms with E-state index in [4.69, 9.17) is 0 Å². The molecule has 6 nitrogen and oxygen atoms in total. The molecule has 2 aromatic rings. The van der Waals surface area contributed by atoms with Crippen LogP contribution in [0.3, 0.4) is 0 Å². The normalized spacial score (nSPS) is 11.1. The molecule has 0 saturated carbocycles. The summed E-state index contributed by atoms with van der Waals surface area (Å²) in [5.74, 6) is 0. The van der Waals surface area contributed by atoms with Gasteiger partial charge in [-0.1, -0.05) is 30.3 Å². The Balaban J connectivity index is 1.66. The summed E-state index contributed by atoms with van der Waals surface area (Å²) in [5.41, 5.74) is 1.88. The number of hydrogen-bond donors (Lipinski definition) is 2. The lowest BCUT2D eigenvalue weighted by atomic mass is 10.2. The molecule has 136 valence electrons. The summed E-state index contributed by atoms with van der Waals surface area (Å²) in [6.45, 7) is 6.78. The first-order chi connectivity index (χ1) is 12.0. The van der Waals surface area contributed by atoms with Crippen molar-refractivity contribution in [2.45, 2.75) is 39.3 Å². The third-order valence-corrected chi connectivity index (χ3v) is 4.18. The zero-order valence-corrected chi connectivity index (χ0v) is 15.4. The highest BCUT2D eigenvalue weighted by Gasteiger charge is 2.05. The van der Waals surface area contributed by atoms with Crippen LogP contribution in [-0.4, -0.2) is 46.9 Å². The predicted molar refractivity (Wildman–Crippen MR) is 102 cm³/mol. The molecular formula is C19H29N5O. The van der Waals surface area contributed by atoms with Crippen LogP contribution in [0.25, 0.3) is 0 Å². The summed E-state index contributed by atoms with van der Waals surface area (Å²) < 4.78 is 1.81. The van der Waals surface area contributed by atoms with E-state index in [0.717, 1.165) is 19.4 Å². The molecule has 1 heterocycles. The van der Waals surface area contributed by atoms with Gasteiger partial charge in [-0.3, -0.25) is 4.68 Å². The summed E-state index contributed by atoms with van der Waals surface area (Å²) in [6.07, 6.45) is 5.55. The third kappa shape index (κ3) is 6.97. The van der Waals surface area contributed by atoms with Gasteiger partial charge in [-0.15, -0.1) is 0 Å². The molecule has 0 aliphatic carbocycles. The van der Waals surface area contributed by atoms with Gasteiger partial charge >= 0.3 is 6.03 Å². The maximum Gasteiger partial charge on any atom is 0.319 e. The Morgan fingerprint density at radius 1 is 1.24 bits per heavy atom. The summed E-state index contributed by atoms with van der Waals surface area (Å²) >= 11 is 0. The van der Waals surface area contributed by atoms with E-state index in [1.165, 1.54) is 5.56 Å². The predicted octanol–water partition coefficient (Wildman–Crippen LogP) is 3.17. The van der Waals surface area contributed by atoms with Crippen LogP contribution in [0.1, 0.15) is 32.3 Å². The fourth-order valence-electron chi connectivity index (χ4n) is 2.41. The van der Waals surface area contributed by atoms with Crippen molar-refractivity contribution in [1.29, 1.82) is 0 Å². The van der Waals surface area contributed by atoms with Crippen molar-refractivity contribution in [2.24, 2.45) is 0 Å². The molecule has 2 rings (SSSR count). The smallest absolute Gasteiger partial charge is 0.319 e. The van der Waals surface area contributed by atoms with Crippen molar-refractivity contribution in [1.82, 2.24) is 20.0 Å². The van der Waals surface area contributed by atoms with Crippen molar-refractivity contribution < 1.29 is 4.79 Å². The lowest BCUT2D eigenvalue weighted by Gasteiger charge is -2.20. The van der Waals surface area contributed by atoms with E-state index in [1.807, 2.05) is 29.1 Å². The van der Waals surface area contributed by atoms with Gasteiger partial charge in [0.1, 0.15) is 0 Å². The van der Waals surface area contributed by atoms with Crippen LogP contribution in [-0.2, 0) is 6.54 Å². The Kier molecular flexibility index (Phi) is 7.47. The zero-order valence-electron chi connectivity index (χ0n) is 15.4. The van der Waals surface area contributed by atoms with Crippen LogP contribution in [0.2, 0.25) is 0 Å². The minimum absolute atomic E-state index is 0.184. The number of rotatable bonds is 9. The maximum atomic E-state index is 11.9. The Morgan fingerprint density at radius 3 is 2.72 bits per heavy atom. The number of nitrogens with one attached hydrogen (secondary N) is 2. The molecule has 0 unspecified atom stereocenters.